The Labute approximate surface area is 304 Å². The Kier molecular flexibility index (Phi) is 10.6. The van der Waals surface area contributed by atoms with Crippen LogP contribution in [0.2, 0.25) is 0 Å². The number of carbonyl (C=O) groups excluding carboxylic acids is 2. The fraction of sp³-hybridized carbons (Fsp3) is 0.256. The monoisotopic (exact) mass is 692 g/mol. The number of ether oxygens (including phenoxy) is 1. The van der Waals surface area contributed by atoms with Gasteiger partial charge in [0.1, 0.15) is 23.1 Å². The minimum Gasteiger partial charge on any atom is -0.457 e. The Morgan fingerprint density at radius 3 is 2.10 bits per heavy atom. The maximum atomic E-state index is 13.4. The number of H-pyrrole nitrogens is 2. The van der Waals surface area contributed by atoms with Crippen LogP contribution in [-0.4, -0.2) is 54.6 Å². The van der Waals surface area contributed by atoms with Crippen molar-refractivity contribution in [3.05, 3.63) is 144 Å². The number of aromatic amines is 2. The molecule has 2 atom stereocenters. The highest BCUT2D eigenvalue weighted by molar-refractivity contribution is 5.83. The minimum absolute atomic E-state index is 0.0442. The molecule has 52 heavy (non-hydrogen) atoms. The Bertz CT molecular complexity index is 2070. The maximum Gasteiger partial charge on any atom is 0.230 e. The number of nitrogens with zero attached hydrogens (tertiary/aromatic N) is 4. The average molecular weight is 693 g/mol. The van der Waals surface area contributed by atoms with Gasteiger partial charge in [0, 0.05) is 36.6 Å². The molecule has 1 saturated heterocycles. The molecule has 3 heterocycles. The van der Waals surface area contributed by atoms with Crippen LogP contribution in [0.4, 0.5) is 0 Å². The smallest absolute Gasteiger partial charge is 0.230 e. The number of hydrogen-bond donors (Lipinski definition) is 2. The first-order valence-corrected chi connectivity index (χ1v) is 18.1. The van der Waals surface area contributed by atoms with Crippen molar-refractivity contribution >= 4 is 11.8 Å². The number of likely N-dealkylation sites (tertiary alicyclic amines) is 1. The molecule has 9 nitrogen and oxygen atoms in total. The van der Waals surface area contributed by atoms with E-state index >= 15 is 0 Å². The number of amides is 2. The van der Waals surface area contributed by atoms with Crippen LogP contribution in [0.5, 0.6) is 11.5 Å². The normalized spacial score (nSPS) is 14.7. The van der Waals surface area contributed by atoms with Crippen LogP contribution in [0, 0.1) is 0 Å². The molecule has 0 unspecified atom stereocenters. The van der Waals surface area contributed by atoms with E-state index in [-0.39, 0.29) is 23.8 Å². The summed E-state index contributed by atoms with van der Waals surface area (Å²) in [6.45, 7) is 5.88. The summed E-state index contributed by atoms with van der Waals surface area (Å²) in [5.74, 6) is 3.00. The van der Waals surface area contributed by atoms with Crippen molar-refractivity contribution in [3.8, 4) is 34.0 Å². The van der Waals surface area contributed by atoms with Crippen LogP contribution in [0.15, 0.2) is 122 Å². The third kappa shape index (κ3) is 7.99. The topological polar surface area (TPSA) is 107 Å². The molecule has 0 bridgehead atoms. The first kappa shape index (κ1) is 34.5. The van der Waals surface area contributed by atoms with E-state index < -0.39 is 0 Å². The summed E-state index contributed by atoms with van der Waals surface area (Å²) < 4.78 is 6.16. The second kappa shape index (κ2) is 15.9. The van der Waals surface area contributed by atoms with Gasteiger partial charge in [0.05, 0.1) is 36.3 Å². The van der Waals surface area contributed by atoms with E-state index in [0.29, 0.717) is 31.0 Å². The number of benzene rings is 4. The molecule has 7 rings (SSSR count). The molecule has 0 saturated carbocycles. The molecule has 6 aromatic rings. The predicted octanol–water partition coefficient (Wildman–Crippen LogP) is 8.71. The van der Waals surface area contributed by atoms with Crippen molar-refractivity contribution in [1.82, 2.24) is 29.7 Å². The fourth-order valence-electron chi connectivity index (χ4n) is 6.87. The van der Waals surface area contributed by atoms with E-state index in [1.165, 1.54) is 0 Å². The van der Waals surface area contributed by atoms with Gasteiger partial charge < -0.3 is 24.5 Å². The van der Waals surface area contributed by atoms with E-state index in [0.717, 1.165) is 71.1 Å². The quantitative estimate of drug-likeness (QED) is 0.126. The first-order chi connectivity index (χ1) is 25.4. The molecule has 4 aromatic carbocycles. The van der Waals surface area contributed by atoms with Gasteiger partial charge in [0.2, 0.25) is 11.8 Å². The molecule has 264 valence electrons. The number of carbonyl (C=O) groups is 2. The molecule has 0 spiro atoms. The number of hydrogen-bond acceptors (Lipinski definition) is 5. The Morgan fingerprint density at radius 2 is 1.44 bits per heavy atom. The summed E-state index contributed by atoms with van der Waals surface area (Å²) in [5.41, 5.74) is 5.60. The highest BCUT2D eigenvalue weighted by atomic mass is 16.5. The predicted molar refractivity (Wildman–Crippen MR) is 203 cm³/mol. The van der Waals surface area contributed by atoms with Crippen molar-refractivity contribution in [2.24, 2.45) is 0 Å². The SMILES string of the molecule is CCCN(Cc1nc(-c2ccc(Oc3ccc(-c4c[nH]c([C@@H]5CCCN5C(=O)Cc5ccccc5)n4)cc3)cc2)c[nH]1)C(=O)[C@H](C)c1ccccc1. The van der Waals surface area contributed by atoms with Crippen molar-refractivity contribution < 1.29 is 14.3 Å². The van der Waals surface area contributed by atoms with Gasteiger partial charge in [-0.15, -0.1) is 0 Å². The minimum atomic E-state index is -0.222. The van der Waals surface area contributed by atoms with E-state index in [1.807, 2.05) is 138 Å². The van der Waals surface area contributed by atoms with Gasteiger partial charge in [-0.05, 0) is 85.8 Å². The Morgan fingerprint density at radius 1 is 0.827 bits per heavy atom. The van der Waals surface area contributed by atoms with Crippen LogP contribution >= 0.6 is 0 Å². The first-order valence-electron chi connectivity index (χ1n) is 18.1. The summed E-state index contributed by atoms with van der Waals surface area (Å²) in [6, 6.07) is 35.4. The van der Waals surface area contributed by atoms with Crippen LogP contribution in [-0.2, 0) is 22.6 Å². The second-order valence-corrected chi connectivity index (χ2v) is 13.4. The largest absolute Gasteiger partial charge is 0.457 e. The lowest BCUT2D eigenvalue weighted by molar-refractivity contribution is -0.133. The van der Waals surface area contributed by atoms with Gasteiger partial charge in [0.25, 0.3) is 0 Å². The summed E-state index contributed by atoms with van der Waals surface area (Å²) in [5, 5.41) is 0. The van der Waals surface area contributed by atoms with Crippen LogP contribution in [0.3, 0.4) is 0 Å². The zero-order chi connectivity index (χ0) is 35.9. The Balaban J connectivity index is 0.949. The second-order valence-electron chi connectivity index (χ2n) is 13.4. The van der Waals surface area contributed by atoms with Gasteiger partial charge in [-0.2, -0.15) is 0 Å². The number of imidazole rings is 2. The molecule has 0 aliphatic carbocycles. The lowest BCUT2D eigenvalue weighted by atomic mass is 9.99. The van der Waals surface area contributed by atoms with Crippen LogP contribution in [0.25, 0.3) is 22.5 Å². The molecule has 1 aliphatic heterocycles. The molecule has 2 aromatic heterocycles. The lowest BCUT2D eigenvalue weighted by Crippen LogP contribution is -2.34. The summed E-state index contributed by atoms with van der Waals surface area (Å²) in [4.78, 5) is 46.7. The van der Waals surface area contributed by atoms with E-state index in [9.17, 15) is 9.59 Å². The molecule has 1 fully saturated rings. The number of rotatable bonds is 13. The molecule has 9 heteroatoms. The van der Waals surface area contributed by atoms with Gasteiger partial charge in [-0.1, -0.05) is 67.6 Å². The van der Waals surface area contributed by atoms with E-state index in [1.54, 1.807) is 0 Å². The third-order valence-electron chi connectivity index (χ3n) is 9.67. The Hall–Kier alpha value is -5.96. The molecule has 0 radical (unpaired) electrons. The molecular weight excluding hydrogens is 649 g/mol. The summed E-state index contributed by atoms with van der Waals surface area (Å²) in [7, 11) is 0. The van der Waals surface area contributed by atoms with Crippen molar-refractivity contribution in [2.75, 3.05) is 13.1 Å². The molecule has 2 N–H and O–H groups in total. The highest BCUT2D eigenvalue weighted by Gasteiger charge is 2.32. The highest BCUT2D eigenvalue weighted by Crippen LogP contribution is 2.33. The molecule has 1 aliphatic rings. The van der Waals surface area contributed by atoms with Crippen LogP contribution in [0.1, 0.15) is 67.8 Å². The van der Waals surface area contributed by atoms with Gasteiger partial charge in [0.15, 0.2) is 0 Å². The van der Waals surface area contributed by atoms with E-state index in [4.69, 9.17) is 14.7 Å². The maximum absolute atomic E-state index is 13.4. The van der Waals surface area contributed by atoms with Crippen molar-refractivity contribution in [2.45, 2.75) is 58.0 Å². The number of aromatic nitrogens is 4. The fourth-order valence-corrected chi connectivity index (χ4v) is 6.87. The van der Waals surface area contributed by atoms with Crippen molar-refractivity contribution in [3.63, 3.8) is 0 Å². The number of nitrogens with one attached hydrogen (secondary N) is 2. The third-order valence-corrected chi connectivity index (χ3v) is 9.67. The van der Waals surface area contributed by atoms with Crippen molar-refractivity contribution in [1.29, 1.82) is 0 Å². The summed E-state index contributed by atoms with van der Waals surface area (Å²) >= 11 is 0. The van der Waals surface area contributed by atoms with Gasteiger partial charge >= 0.3 is 0 Å². The lowest BCUT2D eigenvalue weighted by Gasteiger charge is -2.25. The zero-order valence-corrected chi connectivity index (χ0v) is 29.7. The van der Waals surface area contributed by atoms with Gasteiger partial charge in [-0.3, -0.25) is 9.59 Å². The zero-order valence-electron chi connectivity index (χ0n) is 29.7. The molecule has 2 amide bonds. The standard InChI is InChI=1S/C43H44N6O3/c1-3-24-48(43(51)30(2)32-13-8-5-9-14-32)29-40-44-27-37(46-40)33-16-20-35(21-17-33)52-36-22-18-34(19-23-36)38-28-45-42(47-38)39-15-10-25-49(39)41(50)26-31-11-6-4-7-12-31/h4-9,11-14,16-23,27-28,30,39H,3,10,15,24-26,29H2,1-2H3,(H,44,46)(H,45,47)/t30-,39+/m1/s1. The van der Waals surface area contributed by atoms with Gasteiger partial charge in [-0.25, -0.2) is 9.97 Å². The summed E-state index contributed by atoms with van der Waals surface area (Å²) in [6.07, 6.45) is 6.92. The average Bonchev–Trinajstić information content (AvgIpc) is 3.98. The van der Waals surface area contributed by atoms with E-state index in [2.05, 4.69) is 16.9 Å². The molecular formula is C43H44N6O3. The van der Waals surface area contributed by atoms with Crippen LogP contribution < -0.4 is 4.74 Å².